The topological polar surface area (TPSA) is 40.5 Å². The minimum absolute atomic E-state index is 0.321. The fourth-order valence-corrected chi connectivity index (χ4v) is 1.57. The molecule has 1 unspecified atom stereocenters. The molecule has 1 aromatic rings. The highest BCUT2D eigenvalue weighted by Crippen LogP contribution is 2.22. The van der Waals surface area contributed by atoms with Crippen molar-refractivity contribution in [3.63, 3.8) is 0 Å². The van der Waals surface area contributed by atoms with E-state index in [9.17, 15) is 5.11 Å². The molecular formula is C11H16Cl2O2. The first-order valence-corrected chi connectivity index (χ1v) is 5.45. The van der Waals surface area contributed by atoms with Crippen LogP contribution in [0.2, 0.25) is 10.0 Å². The van der Waals surface area contributed by atoms with E-state index in [-0.39, 0.29) is 6.10 Å². The number of halogens is 2. The Morgan fingerprint density at radius 3 is 2.33 bits per heavy atom. The second kappa shape index (κ2) is 7.94. The number of aliphatic hydroxyl groups is 2. The van der Waals surface area contributed by atoms with E-state index in [2.05, 4.69) is 0 Å². The Labute approximate surface area is 100 Å². The number of hydrogen-bond acceptors (Lipinski definition) is 2. The van der Waals surface area contributed by atoms with Crippen LogP contribution in [0.25, 0.3) is 0 Å². The van der Waals surface area contributed by atoms with Crippen molar-refractivity contribution in [2.75, 3.05) is 7.11 Å². The molecule has 0 fully saturated rings. The van der Waals surface area contributed by atoms with Gasteiger partial charge in [-0.05, 0) is 30.5 Å². The van der Waals surface area contributed by atoms with Crippen LogP contribution in [0.15, 0.2) is 18.2 Å². The minimum atomic E-state index is -0.321. The highest BCUT2D eigenvalue weighted by atomic mass is 35.5. The van der Waals surface area contributed by atoms with Gasteiger partial charge >= 0.3 is 0 Å². The molecule has 0 amide bonds. The van der Waals surface area contributed by atoms with Crippen LogP contribution in [0.1, 0.15) is 18.9 Å². The first-order chi connectivity index (χ1) is 7.13. The molecule has 0 saturated heterocycles. The fourth-order valence-electron chi connectivity index (χ4n) is 1.09. The van der Waals surface area contributed by atoms with Gasteiger partial charge in [0.25, 0.3) is 0 Å². The summed E-state index contributed by atoms with van der Waals surface area (Å²) < 4.78 is 0. The van der Waals surface area contributed by atoms with Gasteiger partial charge in [0.05, 0.1) is 6.10 Å². The van der Waals surface area contributed by atoms with Crippen molar-refractivity contribution in [3.8, 4) is 0 Å². The van der Waals surface area contributed by atoms with Crippen LogP contribution >= 0.6 is 23.2 Å². The molecule has 0 heterocycles. The van der Waals surface area contributed by atoms with Gasteiger partial charge in [0, 0.05) is 17.2 Å². The van der Waals surface area contributed by atoms with E-state index in [1.807, 2.05) is 13.0 Å². The lowest BCUT2D eigenvalue weighted by atomic mass is 10.1. The monoisotopic (exact) mass is 250 g/mol. The standard InChI is InChI=1S/C10H12Cl2O.CH4O/c1-2-9(13)5-7-3-4-8(11)6-10(7)12;1-2/h3-4,6,9,13H,2,5H2,1H3;2H,1H3. The summed E-state index contributed by atoms with van der Waals surface area (Å²) in [6.07, 6.45) is 1.00. The van der Waals surface area contributed by atoms with E-state index in [1.54, 1.807) is 12.1 Å². The molecule has 1 atom stereocenters. The van der Waals surface area contributed by atoms with Crippen molar-refractivity contribution in [1.29, 1.82) is 0 Å². The van der Waals surface area contributed by atoms with Crippen LogP contribution in [0.5, 0.6) is 0 Å². The Morgan fingerprint density at radius 2 is 1.87 bits per heavy atom. The third-order valence-corrected chi connectivity index (χ3v) is 2.53. The summed E-state index contributed by atoms with van der Waals surface area (Å²) in [5.74, 6) is 0. The second-order valence-electron chi connectivity index (χ2n) is 3.00. The van der Waals surface area contributed by atoms with E-state index < -0.39 is 0 Å². The number of hydrogen-bond donors (Lipinski definition) is 2. The molecule has 0 aliphatic carbocycles. The lowest BCUT2D eigenvalue weighted by Crippen LogP contribution is -2.08. The van der Waals surface area contributed by atoms with Crippen molar-refractivity contribution >= 4 is 23.2 Å². The summed E-state index contributed by atoms with van der Waals surface area (Å²) in [6.45, 7) is 1.94. The SMILES string of the molecule is CCC(O)Cc1ccc(Cl)cc1Cl.CO. The zero-order chi connectivity index (χ0) is 11.8. The van der Waals surface area contributed by atoms with E-state index in [0.717, 1.165) is 19.1 Å². The molecule has 2 nitrogen and oxygen atoms in total. The third-order valence-electron chi connectivity index (χ3n) is 1.94. The zero-order valence-electron chi connectivity index (χ0n) is 8.87. The molecular weight excluding hydrogens is 235 g/mol. The molecule has 0 aliphatic heterocycles. The summed E-state index contributed by atoms with van der Waals surface area (Å²) in [5, 5.41) is 17.7. The summed E-state index contributed by atoms with van der Waals surface area (Å²) in [5.41, 5.74) is 0.945. The van der Waals surface area contributed by atoms with Crippen molar-refractivity contribution < 1.29 is 10.2 Å². The molecule has 0 aliphatic rings. The van der Waals surface area contributed by atoms with Crippen LogP contribution < -0.4 is 0 Å². The van der Waals surface area contributed by atoms with Crippen molar-refractivity contribution in [2.24, 2.45) is 0 Å². The molecule has 0 spiro atoms. The smallest absolute Gasteiger partial charge is 0.0578 e. The molecule has 0 bridgehead atoms. The minimum Gasteiger partial charge on any atom is -0.400 e. The Morgan fingerprint density at radius 1 is 1.27 bits per heavy atom. The summed E-state index contributed by atoms with van der Waals surface area (Å²) >= 11 is 11.7. The maximum atomic E-state index is 9.41. The predicted octanol–water partition coefficient (Wildman–Crippen LogP) is 2.92. The van der Waals surface area contributed by atoms with E-state index in [0.29, 0.717) is 16.5 Å². The fraction of sp³-hybridized carbons (Fsp3) is 0.455. The Bertz CT molecular complexity index is 290. The molecule has 15 heavy (non-hydrogen) atoms. The average Bonchev–Trinajstić information content (AvgIpc) is 2.25. The number of aliphatic hydroxyl groups excluding tert-OH is 2. The van der Waals surface area contributed by atoms with Gasteiger partial charge in [-0.1, -0.05) is 36.2 Å². The molecule has 2 N–H and O–H groups in total. The summed E-state index contributed by atoms with van der Waals surface area (Å²) in [7, 11) is 1.00. The van der Waals surface area contributed by atoms with Crippen molar-refractivity contribution in [3.05, 3.63) is 33.8 Å². The van der Waals surface area contributed by atoms with Crippen LogP contribution in [0.3, 0.4) is 0 Å². The first kappa shape index (κ1) is 14.7. The molecule has 0 saturated carbocycles. The van der Waals surface area contributed by atoms with Gasteiger partial charge in [0.1, 0.15) is 0 Å². The largest absolute Gasteiger partial charge is 0.400 e. The zero-order valence-corrected chi connectivity index (χ0v) is 10.4. The van der Waals surface area contributed by atoms with Gasteiger partial charge in [0.2, 0.25) is 0 Å². The van der Waals surface area contributed by atoms with Crippen LogP contribution in [-0.4, -0.2) is 23.4 Å². The predicted molar refractivity (Wildman–Crippen MR) is 64.6 cm³/mol. The molecule has 86 valence electrons. The maximum absolute atomic E-state index is 9.41. The molecule has 1 aromatic carbocycles. The third kappa shape index (κ3) is 5.38. The van der Waals surface area contributed by atoms with Crippen molar-refractivity contribution in [2.45, 2.75) is 25.9 Å². The van der Waals surface area contributed by atoms with Crippen LogP contribution in [-0.2, 0) is 6.42 Å². The maximum Gasteiger partial charge on any atom is 0.0578 e. The van der Waals surface area contributed by atoms with Gasteiger partial charge in [-0.3, -0.25) is 0 Å². The Hall–Kier alpha value is -0.280. The van der Waals surface area contributed by atoms with E-state index >= 15 is 0 Å². The van der Waals surface area contributed by atoms with Crippen LogP contribution in [0, 0.1) is 0 Å². The van der Waals surface area contributed by atoms with Gasteiger partial charge in [-0.25, -0.2) is 0 Å². The molecule has 0 aromatic heterocycles. The highest BCUT2D eigenvalue weighted by molar-refractivity contribution is 6.35. The van der Waals surface area contributed by atoms with Gasteiger partial charge < -0.3 is 10.2 Å². The summed E-state index contributed by atoms with van der Waals surface area (Å²) in [6, 6.07) is 5.33. The van der Waals surface area contributed by atoms with E-state index in [1.165, 1.54) is 0 Å². The Balaban J connectivity index is 0.000000921. The summed E-state index contributed by atoms with van der Waals surface area (Å²) in [4.78, 5) is 0. The molecule has 1 rings (SSSR count). The van der Waals surface area contributed by atoms with Crippen molar-refractivity contribution in [1.82, 2.24) is 0 Å². The first-order valence-electron chi connectivity index (χ1n) is 4.70. The van der Waals surface area contributed by atoms with Crippen LogP contribution in [0.4, 0.5) is 0 Å². The van der Waals surface area contributed by atoms with Gasteiger partial charge in [0.15, 0.2) is 0 Å². The lowest BCUT2D eigenvalue weighted by molar-refractivity contribution is 0.171. The van der Waals surface area contributed by atoms with Gasteiger partial charge in [-0.2, -0.15) is 0 Å². The second-order valence-corrected chi connectivity index (χ2v) is 3.85. The Kier molecular flexibility index (Phi) is 7.79. The lowest BCUT2D eigenvalue weighted by Gasteiger charge is -2.09. The quantitative estimate of drug-likeness (QED) is 0.867. The molecule has 4 heteroatoms. The normalized spacial score (nSPS) is 11.6. The average molecular weight is 251 g/mol. The number of benzene rings is 1. The number of rotatable bonds is 3. The van der Waals surface area contributed by atoms with E-state index in [4.69, 9.17) is 28.3 Å². The molecule has 0 radical (unpaired) electrons. The van der Waals surface area contributed by atoms with Gasteiger partial charge in [-0.15, -0.1) is 0 Å². The highest BCUT2D eigenvalue weighted by Gasteiger charge is 2.06.